The lowest BCUT2D eigenvalue weighted by Crippen LogP contribution is -2.57. The van der Waals surface area contributed by atoms with Crippen molar-refractivity contribution in [1.82, 2.24) is 9.80 Å². The summed E-state index contributed by atoms with van der Waals surface area (Å²) in [4.78, 5) is 25.1. The molecule has 0 aromatic heterocycles. The molecule has 0 spiro atoms. The number of nitrogens with zero attached hydrogens (tertiary/aromatic N) is 4. The summed E-state index contributed by atoms with van der Waals surface area (Å²) in [5, 5.41) is 0. The predicted molar refractivity (Wildman–Crippen MR) is 203 cm³/mol. The highest BCUT2D eigenvalue weighted by Crippen LogP contribution is 2.34. The molecule has 1 saturated heterocycles. The largest absolute Gasteiger partial charge is 0.488 e. The molecule has 1 aliphatic rings. The van der Waals surface area contributed by atoms with E-state index in [0.717, 1.165) is 17.6 Å². The molecule has 3 rings (SSSR count). The van der Waals surface area contributed by atoms with Crippen molar-refractivity contribution in [1.29, 1.82) is 0 Å². The van der Waals surface area contributed by atoms with Gasteiger partial charge in [0.25, 0.3) is 0 Å². The molecule has 0 saturated carbocycles. The van der Waals surface area contributed by atoms with Crippen LogP contribution in [-0.2, 0) is 28.6 Å². The van der Waals surface area contributed by atoms with E-state index in [1.165, 1.54) is 12.1 Å². The highest BCUT2D eigenvalue weighted by molar-refractivity contribution is 5.74. The average Bonchev–Trinajstić information content (AvgIpc) is 3.07. The lowest BCUT2D eigenvalue weighted by Gasteiger charge is -2.47. The van der Waals surface area contributed by atoms with Crippen molar-refractivity contribution in [2.45, 2.75) is 97.3 Å². The smallest absolute Gasteiger partial charge is 0.416 e. The number of carbonyl (C=O) groups is 1. The van der Waals surface area contributed by atoms with Crippen LogP contribution in [0.2, 0.25) is 0 Å². The van der Waals surface area contributed by atoms with E-state index in [-0.39, 0.29) is 30.3 Å². The number of piperidine rings is 1. The summed E-state index contributed by atoms with van der Waals surface area (Å²) in [5.41, 5.74) is 2.68. The quantitative estimate of drug-likeness (QED) is 0.0849. The van der Waals surface area contributed by atoms with Crippen molar-refractivity contribution in [3.8, 4) is 0 Å². The molecule has 51 heavy (non-hydrogen) atoms. The number of hydrogen-bond acceptors (Lipinski definition) is 5. The van der Waals surface area contributed by atoms with Crippen LogP contribution < -0.4 is 0 Å². The topological polar surface area (TPSA) is 66.7 Å². The van der Waals surface area contributed by atoms with Crippen molar-refractivity contribution in [2.24, 2.45) is 9.98 Å². The fourth-order valence-electron chi connectivity index (χ4n) is 6.13. The zero-order valence-electron chi connectivity index (χ0n) is 31.2. The van der Waals surface area contributed by atoms with E-state index in [9.17, 15) is 18.0 Å². The number of benzene rings is 2. The summed E-state index contributed by atoms with van der Waals surface area (Å²) < 4.78 is 51.4. The number of aliphatic imine (C=N–C) groups is 2. The lowest BCUT2D eigenvalue weighted by molar-refractivity contribution is -0.137. The van der Waals surface area contributed by atoms with Gasteiger partial charge in [0.15, 0.2) is 0 Å². The molecule has 0 aliphatic carbocycles. The van der Waals surface area contributed by atoms with Crippen molar-refractivity contribution < 1.29 is 27.4 Å². The van der Waals surface area contributed by atoms with Gasteiger partial charge in [-0.05, 0) is 82.2 Å². The number of allylic oxidation sites excluding steroid dienone is 4. The molecule has 7 nitrogen and oxygen atoms in total. The molecule has 1 fully saturated rings. The van der Waals surface area contributed by atoms with Gasteiger partial charge in [0, 0.05) is 38.8 Å². The molecular formula is C41H55F3N4O3. The zero-order valence-corrected chi connectivity index (χ0v) is 31.2. The minimum atomic E-state index is -4.40. The van der Waals surface area contributed by atoms with E-state index in [0.29, 0.717) is 49.3 Å². The Hall–Kier alpha value is -4.60. The molecule has 1 unspecified atom stereocenters. The van der Waals surface area contributed by atoms with Crippen molar-refractivity contribution >= 4 is 18.6 Å². The fourth-order valence-corrected chi connectivity index (χ4v) is 6.13. The van der Waals surface area contributed by atoms with E-state index in [1.54, 1.807) is 45.7 Å². The molecule has 0 radical (unpaired) electrons. The summed E-state index contributed by atoms with van der Waals surface area (Å²) in [6, 6.07) is 14.0. The molecule has 2 aromatic rings. The van der Waals surface area contributed by atoms with Crippen LogP contribution in [0.15, 0.2) is 107 Å². The molecule has 1 aliphatic heterocycles. The van der Waals surface area contributed by atoms with Crippen molar-refractivity contribution in [3.63, 3.8) is 0 Å². The normalized spacial score (nSPS) is 18.2. The minimum absolute atomic E-state index is 0.000288. The maximum atomic E-state index is 13.5. The molecule has 0 N–H and O–H groups in total. The van der Waals surface area contributed by atoms with Gasteiger partial charge in [-0.15, -0.1) is 0 Å². The summed E-state index contributed by atoms with van der Waals surface area (Å²) in [7, 11) is 3.35. The van der Waals surface area contributed by atoms with Gasteiger partial charge in [0.2, 0.25) is 0 Å². The first-order chi connectivity index (χ1) is 24.3. The van der Waals surface area contributed by atoms with Gasteiger partial charge in [-0.2, -0.15) is 13.2 Å². The van der Waals surface area contributed by atoms with E-state index in [1.807, 2.05) is 79.1 Å². The Morgan fingerprint density at radius 3 is 2.33 bits per heavy atom. The van der Waals surface area contributed by atoms with Crippen LogP contribution in [0, 0.1) is 6.92 Å². The number of alkyl halides is 3. The Morgan fingerprint density at radius 1 is 1.08 bits per heavy atom. The third-order valence-corrected chi connectivity index (χ3v) is 8.18. The number of likely N-dealkylation sites (tertiary alicyclic amines) is 1. The molecule has 2 aromatic carbocycles. The van der Waals surface area contributed by atoms with Crippen molar-refractivity contribution in [3.05, 3.63) is 120 Å². The summed E-state index contributed by atoms with van der Waals surface area (Å²) >= 11 is 0. The number of amides is 1. The first-order valence-electron chi connectivity index (χ1n) is 17.3. The number of aryl methyl sites for hydroxylation is 1. The van der Waals surface area contributed by atoms with E-state index in [4.69, 9.17) is 9.47 Å². The van der Waals surface area contributed by atoms with Gasteiger partial charge in [0.05, 0.1) is 24.2 Å². The Balaban J connectivity index is 0.000000544. The number of rotatable bonds is 14. The van der Waals surface area contributed by atoms with Crippen LogP contribution in [0.4, 0.5) is 18.0 Å². The second kappa shape index (κ2) is 21.6. The second-order valence-electron chi connectivity index (χ2n) is 12.7. The number of halogens is 3. The SMILES string of the molecule is C=C/C=C(\C=C/C)COC(=C)C=NC.CCC1C[C@H](N(C=NC)Cc2cc(C)cc(C(F)(F)F)c2)C[C@H](Cc2ccccc2)N1C(=O)OC(C)C. The average molecular weight is 709 g/mol. The van der Waals surface area contributed by atoms with Gasteiger partial charge >= 0.3 is 12.3 Å². The molecular weight excluding hydrogens is 653 g/mol. The van der Waals surface area contributed by atoms with Crippen LogP contribution >= 0.6 is 0 Å². The standard InChI is InChI=1S/C29H38F3N3O2.C12H17NO/c1-6-25-16-26(34(19-33-5)18-23-12-21(4)13-24(14-23)29(30,31)32)17-27(15-22-10-8-7-9-11-22)35(25)28(36)37-20(2)3;1-5-7-12(8-6-2)10-14-11(3)9-13-4/h7-14,19-20,25-27H,6,15-18H2,1-5H3;5-9H,1,3,10H2,2,4H3/b;8-6-,12-7+,13-9?/t25?,26-,27-;/m0./s1. The molecule has 3 atom stereocenters. The maximum absolute atomic E-state index is 13.5. The Kier molecular flexibility index (Phi) is 18.0. The Labute approximate surface area is 303 Å². The van der Waals surface area contributed by atoms with Crippen LogP contribution in [0.25, 0.3) is 0 Å². The Bertz CT molecular complexity index is 1520. The minimum Gasteiger partial charge on any atom is -0.488 e. The van der Waals surface area contributed by atoms with Gasteiger partial charge in [-0.25, -0.2) is 4.79 Å². The molecule has 1 heterocycles. The summed E-state index contributed by atoms with van der Waals surface area (Å²) in [6.45, 7) is 17.5. The number of ether oxygens (including phenoxy) is 2. The third kappa shape index (κ3) is 14.7. The fraction of sp³-hybridized carbons (Fsp3) is 0.439. The monoisotopic (exact) mass is 708 g/mol. The molecule has 1 amide bonds. The zero-order chi connectivity index (χ0) is 38.0. The molecule has 278 valence electrons. The maximum Gasteiger partial charge on any atom is 0.416 e. The van der Waals surface area contributed by atoms with E-state index in [2.05, 4.69) is 30.1 Å². The first-order valence-corrected chi connectivity index (χ1v) is 17.3. The highest BCUT2D eigenvalue weighted by atomic mass is 19.4. The predicted octanol–water partition coefficient (Wildman–Crippen LogP) is 9.78. The first kappa shape index (κ1) is 42.6. The highest BCUT2D eigenvalue weighted by Gasteiger charge is 2.40. The van der Waals surface area contributed by atoms with Crippen LogP contribution in [0.3, 0.4) is 0 Å². The van der Waals surface area contributed by atoms with Gasteiger partial charge in [0.1, 0.15) is 12.4 Å². The summed E-state index contributed by atoms with van der Waals surface area (Å²) in [5.74, 6) is 0.562. The molecule has 10 heteroatoms. The van der Waals surface area contributed by atoms with Gasteiger partial charge in [-0.3, -0.25) is 9.98 Å². The Morgan fingerprint density at radius 2 is 1.76 bits per heavy atom. The van der Waals surface area contributed by atoms with E-state index < -0.39 is 11.7 Å². The van der Waals surface area contributed by atoms with Crippen LogP contribution in [0.1, 0.15) is 69.2 Å². The van der Waals surface area contributed by atoms with Gasteiger partial charge < -0.3 is 19.3 Å². The number of carbonyl (C=O) groups excluding carboxylic acids is 1. The van der Waals surface area contributed by atoms with Crippen LogP contribution in [0.5, 0.6) is 0 Å². The van der Waals surface area contributed by atoms with Gasteiger partial charge in [-0.1, -0.05) is 86.3 Å². The second-order valence-corrected chi connectivity index (χ2v) is 12.7. The van der Waals surface area contributed by atoms with Crippen molar-refractivity contribution in [2.75, 3.05) is 20.7 Å². The van der Waals surface area contributed by atoms with Crippen LogP contribution in [-0.4, -0.2) is 73.4 Å². The summed E-state index contributed by atoms with van der Waals surface area (Å²) in [6.07, 6.45) is 8.66. The number of hydrogen-bond donors (Lipinski definition) is 0. The third-order valence-electron chi connectivity index (χ3n) is 8.18. The molecule has 0 bridgehead atoms. The van der Waals surface area contributed by atoms with E-state index >= 15 is 0 Å². The lowest BCUT2D eigenvalue weighted by atomic mass is 9.86.